The van der Waals surface area contributed by atoms with E-state index in [0.29, 0.717) is 16.8 Å². The number of rotatable bonds is 9. The summed E-state index contributed by atoms with van der Waals surface area (Å²) >= 11 is 0. The smallest absolute Gasteiger partial charge is 0.346 e. The quantitative estimate of drug-likeness (QED) is 0.232. The second-order valence-electron chi connectivity index (χ2n) is 7.87. The molecule has 0 spiro atoms. The van der Waals surface area contributed by atoms with Crippen LogP contribution in [-0.4, -0.2) is 42.4 Å². The number of carbonyl (C=O) groups excluding carboxylic acids is 1. The Hall–Kier alpha value is -4.70. The summed E-state index contributed by atoms with van der Waals surface area (Å²) < 4.78 is 10.5. The van der Waals surface area contributed by atoms with E-state index >= 15 is 0 Å². The number of nitro benzene ring substituents is 1. The van der Waals surface area contributed by atoms with E-state index in [2.05, 4.69) is 10.6 Å². The molecule has 0 fully saturated rings. The summed E-state index contributed by atoms with van der Waals surface area (Å²) in [6.07, 6.45) is 0. The largest absolute Gasteiger partial charge is 0.490 e. The molecule has 4 rings (SSSR count). The predicted molar refractivity (Wildman–Crippen MR) is 132 cm³/mol. The van der Waals surface area contributed by atoms with E-state index in [-0.39, 0.29) is 19.0 Å². The Morgan fingerprint density at radius 3 is 2.25 bits per heavy atom. The minimum Gasteiger partial charge on any atom is -0.490 e. The molecule has 3 N–H and O–H groups in total. The SMILES string of the molecule is COCCOc1cc(C2NC(=O)NC(c3ccccc3)=C2c2ccccc2)cc([N+](=O)[O-])c1C(=O)O. The molecule has 0 bridgehead atoms. The standard InChI is InChI=1S/C26H23N3O7/c1-35-12-13-36-20-15-18(14-19(29(33)34)22(20)25(30)31)24-21(16-8-4-2-5-9-16)23(27-26(32)28-24)17-10-6-3-7-11-17/h2-11,14-15,24H,12-13H2,1H3,(H,30,31)(H2,27,28,32). The van der Waals surface area contributed by atoms with Gasteiger partial charge in [0.25, 0.3) is 5.69 Å². The normalized spacial score (nSPS) is 15.1. The summed E-state index contributed by atoms with van der Waals surface area (Å²) in [5.74, 6) is -1.69. The molecule has 3 aromatic rings. The summed E-state index contributed by atoms with van der Waals surface area (Å²) in [6, 6.07) is 19.7. The van der Waals surface area contributed by atoms with Gasteiger partial charge in [-0.05, 0) is 22.8 Å². The zero-order valence-corrected chi connectivity index (χ0v) is 19.3. The molecular weight excluding hydrogens is 466 g/mol. The first-order chi connectivity index (χ1) is 17.4. The molecule has 0 radical (unpaired) electrons. The Labute approximate surface area is 206 Å². The van der Waals surface area contributed by atoms with E-state index in [1.165, 1.54) is 13.2 Å². The third-order valence-corrected chi connectivity index (χ3v) is 5.61. The van der Waals surface area contributed by atoms with Crippen molar-refractivity contribution in [1.29, 1.82) is 0 Å². The van der Waals surface area contributed by atoms with Gasteiger partial charge in [-0.25, -0.2) is 9.59 Å². The van der Waals surface area contributed by atoms with E-state index in [9.17, 15) is 24.8 Å². The summed E-state index contributed by atoms with van der Waals surface area (Å²) in [7, 11) is 1.45. The van der Waals surface area contributed by atoms with Gasteiger partial charge >= 0.3 is 12.0 Å². The number of urea groups is 1. The van der Waals surface area contributed by atoms with Gasteiger partial charge in [0.15, 0.2) is 5.56 Å². The fourth-order valence-electron chi connectivity index (χ4n) is 4.07. The number of nitrogens with zero attached hydrogens (tertiary/aromatic N) is 1. The molecule has 1 aliphatic heterocycles. The van der Waals surface area contributed by atoms with Gasteiger partial charge in [0.05, 0.1) is 23.3 Å². The Kier molecular flexibility index (Phi) is 7.26. The highest BCUT2D eigenvalue weighted by Gasteiger charge is 2.34. The maximum absolute atomic E-state index is 12.8. The molecule has 0 aromatic heterocycles. The van der Waals surface area contributed by atoms with E-state index in [1.807, 2.05) is 60.7 Å². The zero-order chi connectivity index (χ0) is 25.7. The molecule has 0 saturated heterocycles. The lowest BCUT2D eigenvalue weighted by Crippen LogP contribution is -2.43. The minimum absolute atomic E-state index is 0.0212. The molecule has 10 nitrogen and oxygen atoms in total. The van der Waals surface area contributed by atoms with Crippen LogP contribution >= 0.6 is 0 Å². The highest BCUT2D eigenvalue weighted by atomic mass is 16.6. The Balaban J connectivity index is 1.97. The van der Waals surface area contributed by atoms with Crippen LogP contribution in [0.5, 0.6) is 5.75 Å². The molecule has 1 heterocycles. The number of carbonyl (C=O) groups is 2. The van der Waals surface area contributed by atoms with Crippen LogP contribution < -0.4 is 15.4 Å². The van der Waals surface area contributed by atoms with Crippen LogP contribution in [0, 0.1) is 10.1 Å². The predicted octanol–water partition coefficient (Wildman–Crippen LogP) is 4.24. The van der Waals surface area contributed by atoms with Gasteiger partial charge in [-0.1, -0.05) is 60.7 Å². The third kappa shape index (κ3) is 5.03. The number of nitro groups is 1. The molecule has 0 aliphatic carbocycles. The first-order valence-corrected chi connectivity index (χ1v) is 11.0. The summed E-state index contributed by atoms with van der Waals surface area (Å²) in [5.41, 5.74) is 1.76. The van der Waals surface area contributed by atoms with Crippen LogP contribution in [0.1, 0.15) is 33.1 Å². The molecule has 10 heteroatoms. The number of hydrogen-bond donors (Lipinski definition) is 3. The summed E-state index contributed by atoms with van der Waals surface area (Å²) in [4.78, 5) is 35.8. The molecule has 1 aliphatic rings. The number of carboxylic acids is 1. The van der Waals surface area contributed by atoms with Crippen LogP contribution in [0.25, 0.3) is 11.3 Å². The number of carboxylic acid groups (broad SMARTS) is 1. The topological polar surface area (TPSA) is 140 Å². The highest BCUT2D eigenvalue weighted by Crippen LogP contribution is 2.41. The molecule has 36 heavy (non-hydrogen) atoms. The number of hydrogen-bond acceptors (Lipinski definition) is 6. The molecular formula is C26H23N3O7. The van der Waals surface area contributed by atoms with Gasteiger partial charge in [-0.2, -0.15) is 0 Å². The van der Waals surface area contributed by atoms with Crippen LogP contribution in [0.3, 0.4) is 0 Å². The van der Waals surface area contributed by atoms with Gasteiger partial charge in [0.1, 0.15) is 12.4 Å². The first kappa shape index (κ1) is 24.4. The molecule has 1 unspecified atom stereocenters. The molecule has 1 atom stereocenters. The Morgan fingerprint density at radius 2 is 1.67 bits per heavy atom. The van der Waals surface area contributed by atoms with E-state index in [1.54, 1.807) is 0 Å². The summed E-state index contributed by atoms with van der Waals surface area (Å²) in [6.45, 7) is 0.126. The van der Waals surface area contributed by atoms with Crippen LogP contribution in [0.4, 0.5) is 10.5 Å². The number of nitrogens with one attached hydrogen (secondary N) is 2. The van der Waals surface area contributed by atoms with Gasteiger partial charge in [0.2, 0.25) is 0 Å². The monoisotopic (exact) mass is 489 g/mol. The zero-order valence-electron chi connectivity index (χ0n) is 19.3. The lowest BCUT2D eigenvalue weighted by molar-refractivity contribution is -0.385. The van der Waals surface area contributed by atoms with Gasteiger partial charge in [-0.15, -0.1) is 0 Å². The van der Waals surface area contributed by atoms with Crippen LogP contribution in [0.15, 0.2) is 72.8 Å². The number of methoxy groups -OCH3 is 1. The summed E-state index contributed by atoms with van der Waals surface area (Å²) in [5, 5.41) is 27.3. The molecule has 2 amide bonds. The second kappa shape index (κ2) is 10.7. The van der Waals surface area contributed by atoms with Crippen molar-refractivity contribution in [3.8, 4) is 5.75 Å². The lowest BCUT2D eigenvalue weighted by Gasteiger charge is -2.31. The Morgan fingerprint density at radius 1 is 1.03 bits per heavy atom. The van der Waals surface area contributed by atoms with Crippen molar-refractivity contribution in [2.45, 2.75) is 6.04 Å². The van der Waals surface area contributed by atoms with Gasteiger partial charge in [-0.3, -0.25) is 10.1 Å². The number of ether oxygens (including phenoxy) is 2. The fraction of sp³-hybridized carbons (Fsp3) is 0.154. The number of amides is 2. The average molecular weight is 489 g/mol. The maximum atomic E-state index is 12.8. The van der Waals surface area contributed by atoms with Gasteiger partial charge in [0, 0.05) is 18.7 Å². The number of benzene rings is 3. The van der Waals surface area contributed by atoms with Crippen molar-refractivity contribution in [3.05, 3.63) is 105 Å². The fourth-order valence-corrected chi connectivity index (χ4v) is 4.07. The first-order valence-electron chi connectivity index (χ1n) is 11.0. The maximum Gasteiger partial charge on any atom is 0.346 e. The van der Waals surface area contributed by atoms with Crippen molar-refractivity contribution in [1.82, 2.24) is 10.6 Å². The molecule has 184 valence electrons. The second-order valence-corrected chi connectivity index (χ2v) is 7.87. The van der Waals surface area contributed by atoms with E-state index in [4.69, 9.17) is 9.47 Å². The van der Waals surface area contributed by atoms with Crippen LogP contribution in [0.2, 0.25) is 0 Å². The van der Waals surface area contributed by atoms with E-state index < -0.39 is 34.2 Å². The average Bonchev–Trinajstić information content (AvgIpc) is 2.88. The number of aromatic carboxylic acids is 1. The minimum atomic E-state index is -1.50. The lowest BCUT2D eigenvalue weighted by atomic mass is 9.87. The van der Waals surface area contributed by atoms with Crippen LogP contribution in [-0.2, 0) is 4.74 Å². The van der Waals surface area contributed by atoms with Crippen molar-refractivity contribution < 1.29 is 29.1 Å². The highest BCUT2D eigenvalue weighted by molar-refractivity contribution is 6.03. The third-order valence-electron chi connectivity index (χ3n) is 5.61. The Bertz CT molecular complexity index is 1320. The van der Waals surface area contributed by atoms with Crippen molar-refractivity contribution in [3.63, 3.8) is 0 Å². The van der Waals surface area contributed by atoms with Crippen molar-refractivity contribution >= 4 is 29.0 Å². The molecule has 0 saturated carbocycles. The van der Waals surface area contributed by atoms with E-state index in [0.717, 1.165) is 17.2 Å². The van der Waals surface area contributed by atoms with Gasteiger partial charge < -0.3 is 25.2 Å². The molecule has 3 aromatic carbocycles. The van der Waals surface area contributed by atoms with Crippen molar-refractivity contribution in [2.24, 2.45) is 0 Å². The van der Waals surface area contributed by atoms with Crippen molar-refractivity contribution in [2.75, 3.05) is 20.3 Å².